The maximum Gasteiger partial charge on any atom is 0.259 e. The number of hydrogen-bond donors (Lipinski definition) is 3. The number of aromatic nitrogens is 1. The number of fused-ring (bicyclic) bond motifs is 1. The molecule has 162 valence electrons. The highest BCUT2D eigenvalue weighted by Crippen LogP contribution is 2.35. The van der Waals surface area contributed by atoms with Gasteiger partial charge in [-0.2, -0.15) is 9.64 Å². The van der Waals surface area contributed by atoms with Crippen LogP contribution in [0.2, 0.25) is 5.02 Å². The van der Waals surface area contributed by atoms with Crippen LogP contribution in [0, 0.1) is 18.3 Å². The molecule has 3 aromatic carbocycles. The highest BCUT2D eigenvalue weighted by atomic mass is 35.5. The molecular formula is C23H20ClN5O2S. The van der Waals surface area contributed by atoms with Gasteiger partial charge >= 0.3 is 0 Å². The third-order valence-corrected chi connectivity index (χ3v) is 5.61. The Bertz CT molecular complexity index is 1290. The number of nitriles is 1. The number of anilines is 3. The minimum atomic E-state index is -0.290. The largest absolute Gasteiger partial charge is 0.494 e. The molecule has 0 saturated carbocycles. The molecule has 0 aliphatic carbocycles. The molecule has 0 unspecified atom stereocenters. The van der Waals surface area contributed by atoms with Gasteiger partial charge in [-0.3, -0.25) is 4.79 Å². The summed E-state index contributed by atoms with van der Waals surface area (Å²) in [5, 5.41) is 14.1. The van der Waals surface area contributed by atoms with Crippen LogP contribution in [0.15, 0.2) is 54.6 Å². The van der Waals surface area contributed by atoms with Gasteiger partial charge < -0.3 is 21.5 Å². The molecule has 0 atom stereocenters. The summed E-state index contributed by atoms with van der Waals surface area (Å²) < 4.78 is 9.24. The van der Waals surface area contributed by atoms with E-state index in [9.17, 15) is 4.79 Å². The molecule has 0 aliphatic heterocycles. The van der Waals surface area contributed by atoms with Crippen LogP contribution in [-0.2, 0) is 0 Å². The second-order valence-corrected chi connectivity index (χ2v) is 7.91. The summed E-state index contributed by atoms with van der Waals surface area (Å²) in [4.78, 5) is 12.6. The average molecular weight is 466 g/mol. The fraction of sp³-hybridized carbons (Fsp3) is 0.0870. The topological polar surface area (TPSA) is 127 Å². The second-order valence-electron chi connectivity index (χ2n) is 6.67. The van der Waals surface area contributed by atoms with Crippen molar-refractivity contribution in [2.75, 3.05) is 23.9 Å². The van der Waals surface area contributed by atoms with E-state index in [0.717, 1.165) is 28.0 Å². The third kappa shape index (κ3) is 4.91. The van der Waals surface area contributed by atoms with Gasteiger partial charge in [0.25, 0.3) is 5.91 Å². The third-order valence-electron chi connectivity index (χ3n) is 4.59. The number of methoxy groups -OCH3 is 1. The molecule has 0 spiro atoms. The SMILES string of the molecule is COc1c(C(=O)Nc2ccc(Cl)cc2)cc2ccccc2c1N.Cc1nsc(N)c1C#N. The van der Waals surface area contributed by atoms with Gasteiger partial charge in [0.2, 0.25) is 0 Å². The fourth-order valence-electron chi connectivity index (χ4n) is 3.00. The Balaban J connectivity index is 0.000000269. The van der Waals surface area contributed by atoms with Gasteiger partial charge in [-0.1, -0.05) is 35.9 Å². The number of benzene rings is 3. The van der Waals surface area contributed by atoms with E-state index in [4.69, 9.17) is 33.1 Å². The Kier molecular flexibility index (Phi) is 7.15. The number of carbonyl (C=O) groups excluding carboxylic acids is 1. The Hall–Kier alpha value is -3.80. The summed E-state index contributed by atoms with van der Waals surface area (Å²) >= 11 is 7.01. The Morgan fingerprint density at radius 3 is 2.44 bits per heavy atom. The number of nitrogen functional groups attached to an aromatic ring is 2. The van der Waals surface area contributed by atoms with Crippen molar-refractivity contribution in [2.24, 2.45) is 0 Å². The first-order valence-corrected chi connectivity index (χ1v) is 10.5. The van der Waals surface area contributed by atoms with Crippen molar-refractivity contribution in [3.63, 3.8) is 0 Å². The molecule has 0 saturated heterocycles. The van der Waals surface area contributed by atoms with Crippen molar-refractivity contribution >= 4 is 56.2 Å². The number of hydrogen-bond acceptors (Lipinski definition) is 7. The van der Waals surface area contributed by atoms with E-state index in [0.29, 0.717) is 38.3 Å². The molecule has 0 radical (unpaired) electrons. The number of nitrogens with zero attached hydrogens (tertiary/aromatic N) is 2. The summed E-state index contributed by atoms with van der Waals surface area (Å²) in [7, 11) is 1.50. The molecule has 9 heteroatoms. The van der Waals surface area contributed by atoms with E-state index in [1.54, 1.807) is 37.3 Å². The van der Waals surface area contributed by atoms with Crippen LogP contribution in [0.1, 0.15) is 21.6 Å². The van der Waals surface area contributed by atoms with E-state index in [1.165, 1.54) is 7.11 Å². The zero-order chi connectivity index (χ0) is 23.3. The van der Waals surface area contributed by atoms with Crippen molar-refractivity contribution < 1.29 is 9.53 Å². The van der Waals surface area contributed by atoms with Gasteiger partial charge in [-0.25, -0.2) is 0 Å². The van der Waals surface area contributed by atoms with Crippen molar-refractivity contribution in [2.45, 2.75) is 6.92 Å². The second kappa shape index (κ2) is 10.0. The highest BCUT2D eigenvalue weighted by molar-refractivity contribution is 7.10. The van der Waals surface area contributed by atoms with Crippen LogP contribution in [0.4, 0.5) is 16.4 Å². The molecule has 0 fully saturated rings. The van der Waals surface area contributed by atoms with Gasteiger partial charge in [-0.05, 0) is 54.2 Å². The molecule has 4 aromatic rings. The van der Waals surface area contributed by atoms with Gasteiger partial charge in [0.1, 0.15) is 16.6 Å². The van der Waals surface area contributed by atoms with Gasteiger partial charge in [0.05, 0.1) is 24.1 Å². The smallest absolute Gasteiger partial charge is 0.259 e. The number of halogens is 1. The van der Waals surface area contributed by atoms with E-state index in [1.807, 2.05) is 30.3 Å². The zero-order valence-corrected chi connectivity index (χ0v) is 18.9. The number of rotatable bonds is 3. The average Bonchev–Trinajstić information content (AvgIpc) is 3.12. The first-order valence-electron chi connectivity index (χ1n) is 9.39. The number of carbonyl (C=O) groups is 1. The first-order chi connectivity index (χ1) is 15.3. The van der Waals surface area contributed by atoms with Crippen molar-refractivity contribution in [1.82, 2.24) is 4.37 Å². The zero-order valence-electron chi connectivity index (χ0n) is 17.3. The molecule has 4 rings (SSSR count). The number of nitrogens with one attached hydrogen (secondary N) is 1. The molecule has 32 heavy (non-hydrogen) atoms. The van der Waals surface area contributed by atoms with Crippen LogP contribution < -0.4 is 21.5 Å². The van der Waals surface area contributed by atoms with Crippen molar-refractivity contribution in [1.29, 1.82) is 5.26 Å². The van der Waals surface area contributed by atoms with Gasteiger partial charge in [0.15, 0.2) is 5.75 Å². The van der Waals surface area contributed by atoms with E-state index < -0.39 is 0 Å². The van der Waals surface area contributed by atoms with E-state index in [-0.39, 0.29) is 5.91 Å². The molecule has 0 aliphatic rings. The lowest BCUT2D eigenvalue weighted by Gasteiger charge is -2.14. The number of ether oxygens (including phenoxy) is 1. The van der Waals surface area contributed by atoms with Crippen LogP contribution in [0.25, 0.3) is 10.8 Å². The number of aryl methyl sites for hydroxylation is 1. The molecule has 0 bridgehead atoms. The minimum absolute atomic E-state index is 0.290. The fourth-order valence-corrected chi connectivity index (χ4v) is 3.74. The van der Waals surface area contributed by atoms with Crippen LogP contribution in [0.5, 0.6) is 5.75 Å². The molecule has 5 N–H and O–H groups in total. The minimum Gasteiger partial charge on any atom is -0.494 e. The van der Waals surface area contributed by atoms with Crippen LogP contribution in [-0.4, -0.2) is 17.4 Å². The molecule has 1 amide bonds. The summed E-state index contributed by atoms with van der Waals surface area (Å²) in [6.07, 6.45) is 0. The molecular weight excluding hydrogens is 446 g/mol. The monoisotopic (exact) mass is 465 g/mol. The summed E-state index contributed by atoms with van der Waals surface area (Å²) in [6.45, 7) is 1.77. The summed E-state index contributed by atoms with van der Waals surface area (Å²) in [5.41, 5.74) is 14.3. The standard InChI is InChI=1S/C18H15ClN2O2.C5H5N3S/c1-23-17-15(10-11-4-2-3-5-14(11)16(17)20)18(22)21-13-8-6-12(19)7-9-13;1-3-4(2-6)5(7)9-8-3/h2-10H,20H2,1H3,(H,21,22);7H2,1H3. The molecule has 1 heterocycles. The summed E-state index contributed by atoms with van der Waals surface area (Å²) in [6, 6.07) is 18.2. The Morgan fingerprint density at radius 2 is 1.88 bits per heavy atom. The predicted molar refractivity (Wildman–Crippen MR) is 130 cm³/mol. The number of amides is 1. The predicted octanol–water partition coefficient (Wildman–Crippen LogP) is 5.24. The van der Waals surface area contributed by atoms with Gasteiger partial charge in [-0.15, -0.1) is 0 Å². The quantitative estimate of drug-likeness (QED) is 0.355. The first kappa shape index (κ1) is 22.9. The normalized spacial score (nSPS) is 10.1. The highest BCUT2D eigenvalue weighted by Gasteiger charge is 2.18. The van der Waals surface area contributed by atoms with Crippen LogP contribution >= 0.6 is 23.1 Å². The molecule has 1 aromatic heterocycles. The summed E-state index contributed by atoms with van der Waals surface area (Å²) in [5.74, 6) is 0.0804. The maximum atomic E-state index is 12.6. The lowest BCUT2D eigenvalue weighted by Crippen LogP contribution is -2.14. The number of nitrogens with two attached hydrogens (primary N) is 2. The lowest BCUT2D eigenvalue weighted by molar-refractivity contribution is 0.102. The van der Waals surface area contributed by atoms with Crippen molar-refractivity contribution in [3.05, 3.63) is 76.4 Å². The Labute approximate surface area is 194 Å². The van der Waals surface area contributed by atoms with Gasteiger partial charge in [0, 0.05) is 16.1 Å². The van der Waals surface area contributed by atoms with Crippen LogP contribution in [0.3, 0.4) is 0 Å². The molecule has 7 nitrogen and oxygen atoms in total. The Morgan fingerprint density at radius 1 is 1.19 bits per heavy atom. The lowest BCUT2D eigenvalue weighted by atomic mass is 10.0. The van der Waals surface area contributed by atoms with E-state index in [2.05, 4.69) is 9.69 Å². The maximum absolute atomic E-state index is 12.6. The van der Waals surface area contributed by atoms with Crippen molar-refractivity contribution in [3.8, 4) is 11.8 Å². The van der Waals surface area contributed by atoms with E-state index >= 15 is 0 Å².